The molecule has 1 N–H and O–H groups in total. The van der Waals surface area contributed by atoms with E-state index in [0.29, 0.717) is 19.8 Å². The zero-order valence-electron chi connectivity index (χ0n) is 11.8. The first-order valence-electron chi connectivity index (χ1n) is 6.68. The molecule has 2 rings (SSSR count). The lowest BCUT2D eigenvalue weighted by atomic mass is 10.1. The van der Waals surface area contributed by atoms with Gasteiger partial charge in [-0.05, 0) is 38.5 Å². The molecular weight excluding hydrogens is 245 g/mol. The van der Waals surface area contributed by atoms with Gasteiger partial charge >= 0.3 is 0 Å². The maximum absolute atomic E-state index is 13.3. The lowest BCUT2D eigenvalue weighted by Gasteiger charge is -2.32. The molecule has 1 aromatic carbocycles. The highest BCUT2D eigenvalue weighted by molar-refractivity contribution is 5.19. The van der Waals surface area contributed by atoms with E-state index in [9.17, 15) is 4.39 Å². The molecule has 3 nitrogen and oxygen atoms in total. The first-order valence-corrected chi connectivity index (χ1v) is 6.68. The first kappa shape index (κ1) is 14.4. The molecule has 0 radical (unpaired) electrons. The highest BCUT2D eigenvalue weighted by atomic mass is 19.1. The topological polar surface area (TPSA) is 30.5 Å². The Morgan fingerprint density at radius 3 is 2.68 bits per heavy atom. The molecule has 19 heavy (non-hydrogen) atoms. The second-order valence-corrected chi connectivity index (χ2v) is 5.97. The van der Waals surface area contributed by atoms with Crippen LogP contribution in [0.1, 0.15) is 32.4 Å². The molecule has 106 valence electrons. The number of benzene rings is 1. The summed E-state index contributed by atoms with van der Waals surface area (Å²) >= 11 is 0. The Labute approximate surface area is 114 Å². The van der Waals surface area contributed by atoms with Gasteiger partial charge in [-0.3, -0.25) is 0 Å². The van der Waals surface area contributed by atoms with Crippen LogP contribution in [-0.4, -0.2) is 31.4 Å². The maximum Gasteiger partial charge on any atom is 0.123 e. The van der Waals surface area contributed by atoms with Crippen molar-refractivity contribution in [3.05, 3.63) is 35.6 Å². The maximum atomic E-state index is 13.3. The van der Waals surface area contributed by atoms with Crippen molar-refractivity contribution < 1.29 is 13.9 Å². The van der Waals surface area contributed by atoms with Gasteiger partial charge in [0.05, 0.1) is 19.3 Å². The lowest BCUT2D eigenvalue weighted by molar-refractivity contribution is -0.155. The SMILES string of the molecule is CC(C)(C)NCC(OC1COC1)c1cccc(F)c1. The fourth-order valence-corrected chi connectivity index (χ4v) is 1.88. The van der Waals surface area contributed by atoms with E-state index in [1.54, 1.807) is 6.07 Å². The summed E-state index contributed by atoms with van der Waals surface area (Å²) < 4.78 is 24.4. The van der Waals surface area contributed by atoms with Gasteiger partial charge in [0.25, 0.3) is 0 Å². The zero-order valence-corrected chi connectivity index (χ0v) is 11.8. The van der Waals surface area contributed by atoms with Crippen molar-refractivity contribution in [1.82, 2.24) is 5.32 Å². The predicted molar refractivity (Wildman–Crippen MR) is 72.6 cm³/mol. The van der Waals surface area contributed by atoms with Crippen LogP contribution in [0.5, 0.6) is 0 Å². The van der Waals surface area contributed by atoms with Gasteiger partial charge in [0.15, 0.2) is 0 Å². The van der Waals surface area contributed by atoms with Crippen LogP contribution >= 0.6 is 0 Å². The molecule has 0 spiro atoms. The second-order valence-electron chi connectivity index (χ2n) is 5.97. The fraction of sp³-hybridized carbons (Fsp3) is 0.600. The van der Waals surface area contributed by atoms with Crippen molar-refractivity contribution in [2.75, 3.05) is 19.8 Å². The Morgan fingerprint density at radius 1 is 1.42 bits per heavy atom. The van der Waals surface area contributed by atoms with E-state index < -0.39 is 0 Å². The quantitative estimate of drug-likeness (QED) is 0.889. The van der Waals surface area contributed by atoms with Gasteiger partial charge in [-0.15, -0.1) is 0 Å². The van der Waals surface area contributed by atoms with Crippen molar-refractivity contribution in [1.29, 1.82) is 0 Å². The number of hydrogen-bond acceptors (Lipinski definition) is 3. The van der Waals surface area contributed by atoms with Crippen LogP contribution in [0.2, 0.25) is 0 Å². The van der Waals surface area contributed by atoms with E-state index in [1.165, 1.54) is 12.1 Å². The largest absolute Gasteiger partial charge is 0.376 e. The van der Waals surface area contributed by atoms with Crippen LogP contribution in [0.3, 0.4) is 0 Å². The Hall–Kier alpha value is -0.970. The molecule has 1 aromatic rings. The molecular formula is C15H22FNO2. The molecule has 1 aliphatic heterocycles. The second kappa shape index (κ2) is 5.99. The van der Waals surface area contributed by atoms with E-state index in [0.717, 1.165) is 5.56 Å². The summed E-state index contributed by atoms with van der Waals surface area (Å²) in [5, 5.41) is 3.41. The van der Waals surface area contributed by atoms with Crippen molar-refractivity contribution in [2.24, 2.45) is 0 Å². The van der Waals surface area contributed by atoms with Crippen molar-refractivity contribution in [3.63, 3.8) is 0 Å². The third-order valence-electron chi connectivity index (χ3n) is 3.00. The van der Waals surface area contributed by atoms with Gasteiger partial charge in [-0.2, -0.15) is 0 Å². The van der Waals surface area contributed by atoms with Crippen molar-refractivity contribution in [3.8, 4) is 0 Å². The molecule has 1 fully saturated rings. The number of rotatable bonds is 5. The number of halogens is 1. The lowest BCUT2D eigenvalue weighted by Crippen LogP contribution is -2.43. The third-order valence-corrected chi connectivity index (χ3v) is 3.00. The molecule has 0 aliphatic carbocycles. The van der Waals surface area contributed by atoms with Crippen LogP contribution in [0.25, 0.3) is 0 Å². The van der Waals surface area contributed by atoms with Gasteiger partial charge in [0.1, 0.15) is 11.9 Å². The molecule has 4 heteroatoms. The molecule has 0 amide bonds. The molecule has 1 heterocycles. The van der Waals surface area contributed by atoms with E-state index in [1.807, 2.05) is 6.07 Å². The summed E-state index contributed by atoms with van der Waals surface area (Å²) in [6.45, 7) is 8.21. The fourth-order valence-electron chi connectivity index (χ4n) is 1.88. The Morgan fingerprint density at radius 2 is 2.16 bits per heavy atom. The predicted octanol–water partition coefficient (Wildman–Crippen LogP) is 2.67. The summed E-state index contributed by atoms with van der Waals surface area (Å²) in [5.74, 6) is -0.230. The zero-order chi connectivity index (χ0) is 13.9. The van der Waals surface area contributed by atoms with Crippen LogP contribution < -0.4 is 5.32 Å². The van der Waals surface area contributed by atoms with Gasteiger partial charge < -0.3 is 14.8 Å². The number of nitrogens with one attached hydrogen (secondary N) is 1. The standard InChI is InChI=1S/C15H22FNO2/c1-15(2,3)17-8-14(19-13-9-18-10-13)11-5-4-6-12(16)7-11/h4-7,13-14,17H,8-10H2,1-3H3. The Kier molecular flexibility index (Phi) is 4.55. The molecule has 0 aromatic heterocycles. The molecule has 1 atom stereocenters. The van der Waals surface area contributed by atoms with Crippen molar-refractivity contribution in [2.45, 2.75) is 38.5 Å². The summed E-state index contributed by atoms with van der Waals surface area (Å²) in [4.78, 5) is 0. The highest BCUT2D eigenvalue weighted by Gasteiger charge is 2.25. The van der Waals surface area contributed by atoms with Gasteiger partial charge in [0, 0.05) is 12.1 Å². The smallest absolute Gasteiger partial charge is 0.123 e. The van der Waals surface area contributed by atoms with E-state index in [-0.39, 0.29) is 23.6 Å². The third kappa shape index (κ3) is 4.56. The summed E-state index contributed by atoms with van der Waals surface area (Å²) in [7, 11) is 0. The summed E-state index contributed by atoms with van der Waals surface area (Å²) in [6.07, 6.45) is -0.0288. The highest BCUT2D eigenvalue weighted by Crippen LogP contribution is 2.22. The monoisotopic (exact) mass is 267 g/mol. The van der Waals surface area contributed by atoms with Gasteiger partial charge in [-0.1, -0.05) is 12.1 Å². The van der Waals surface area contributed by atoms with Crippen molar-refractivity contribution >= 4 is 0 Å². The van der Waals surface area contributed by atoms with Crippen LogP contribution in [-0.2, 0) is 9.47 Å². The first-order chi connectivity index (χ1) is 8.94. The average molecular weight is 267 g/mol. The van der Waals surface area contributed by atoms with E-state index >= 15 is 0 Å². The minimum Gasteiger partial charge on any atom is -0.376 e. The number of hydrogen-bond donors (Lipinski definition) is 1. The summed E-state index contributed by atoms with van der Waals surface area (Å²) in [5.41, 5.74) is 0.869. The van der Waals surface area contributed by atoms with Gasteiger partial charge in [0.2, 0.25) is 0 Å². The normalized spacial score (nSPS) is 18.1. The minimum absolute atomic E-state index is 0.00501. The minimum atomic E-state index is -0.230. The number of ether oxygens (including phenoxy) is 2. The Bertz CT molecular complexity index is 413. The van der Waals surface area contributed by atoms with Crippen LogP contribution in [0.15, 0.2) is 24.3 Å². The van der Waals surface area contributed by atoms with Crippen LogP contribution in [0, 0.1) is 5.82 Å². The van der Waals surface area contributed by atoms with Crippen LogP contribution in [0.4, 0.5) is 4.39 Å². The van der Waals surface area contributed by atoms with E-state index in [4.69, 9.17) is 9.47 Å². The van der Waals surface area contributed by atoms with E-state index in [2.05, 4.69) is 26.1 Å². The molecule has 0 bridgehead atoms. The average Bonchev–Trinajstić information content (AvgIpc) is 2.25. The molecule has 1 saturated heterocycles. The van der Waals surface area contributed by atoms with Gasteiger partial charge in [-0.25, -0.2) is 4.39 Å². The molecule has 0 saturated carbocycles. The molecule has 1 aliphatic rings. The molecule has 1 unspecified atom stereocenters. The Balaban J connectivity index is 2.04. The summed E-state index contributed by atoms with van der Waals surface area (Å²) in [6, 6.07) is 6.60.